The zero-order chi connectivity index (χ0) is 25.1. The molecule has 0 aromatic heterocycles. The molecule has 0 heterocycles. The normalized spacial score (nSPS) is 19.8. The minimum atomic E-state index is -0.752. The molecule has 0 unspecified atom stereocenters. The van der Waals surface area contributed by atoms with Gasteiger partial charge in [-0.05, 0) is 79.6 Å². The van der Waals surface area contributed by atoms with Gasteiger partial charge in [-0.25, -0.2) is 4.79 Å². The van der Waals surface area contributed by atoms with E-state index in [-0.39, 0.29) is 17.7 Å². The molecule has 190 valence electrons. The van der Waals surface area contributed by atoms with Gasteiger partial charge in [0, 0.05) is 5.56 Å². The Bertz CT molecular complexity index is 788. The first kappa shape index (κ1) is 28.2. The lowest BCUT2D eigenvalue weighted by molar-refractivity contribution is -0.146. The molecule has 0 saturated heterocycles. The van der Waals surface area contributed by atoms with Gasteiger partial charge in [-0.15, -0.1) is 0 Å². The van der Waals surface area contributed by atoms with E-state index in [0.29, 0.717) is 23.7 Å². The number of carbonyl (C=O) groups excluding carboxylic acids is 3. The Kier molecular flexibility index (Phi) is 11.9. The lowest BCUT2D eigenvalue weighted by Gasteiger charge is -2.28. The van der Waals surface area contributed by atoms with E-state index in [9.17, 15) is 14.4 Å². The van der Waals surface area contributed by atoms with Crippen LogP contribution in [0.1, 0.15) is 87.6 Å². The van der Waals surface area contributed by atoms with Crippen LogP contribution < -0.4 is 10.6 Å². The van der Waals surface area contributed by atoms with E-state index in [1.807, 2.05) is 32.2 Å². The Balaban J connectivity index is 2.01. The minimum Gasteiger partial charge on any atom is -0.467 e. The molecule has 7 heteroatoms. The average molecular weight is 491 g/mol. The predicted molar refractivity (Wildman–Crippen MR) is 139 cm³/mol. The van der Waals surface area contributed by atoms with Gasteiger partial charge in [-0.1, -0.05) is 45.7 Å². The maximum atomic E-state index is 12.9. The fraction of sp³-hybridized carbons (Fsp3) is 0.667. The summed E-state index contributed by atoms with van der Waals surface area (Å²) in [6.07, 6.45) is 10.0. The van der Waals surface area contributed by atoms with Gasteiger partial charge in [0.1, 0.15) is 12.1 Å². The first-order valence-electron chi connectivity index (χ1n) is 12.6. The van der Waals surface area contributed by atoms with Gasteiger partial charge < -0.3 is 15.4 Å². The van der Waals surface area contributed by atoms with Crippen LogP contribution in [-0.4, -0.2) is 49.0 Å². The quantitative estimate of drug-likeness (QED) is 0.406. The summed E-state index contributed by atoms with van der Waals surface area (Å²) < 4.78 is 4.82. The summed E-state index contributed by atoms with van der Waals surface area (Å²) in [7, 11) is 1.30. The summed E-state index contributed by atoms with van der Waals surface area (Å²) in [4.78, 5) is 37.9. The molecular weight excluding hydrogens is 448 g/mol. The SMILES string of the molecule is CCCC1CCC(c2ccc(C(=O)N[C@H](CCSC)C(=O)N[C@H](C(=O)OC)C(C)C)cc2)CC1. The highest BCUT2D eigenvalue weighted by atomic mass is 32.2. The van der Waals surface area contributed by atoms with Crippen molar-refractivity contribution in [2.75, 3.05) is 19.1 Å². The summed E-state index contributed by atoms with van der Waals surface area (Å²) in [5.41, 5.74) is 1.83. The number of hydrogen-bond acceptors (Lipinski definition) is 5. The highest BCUT2D eigenvalue weighted by Crippen LogP contribution is 2.37. The summed E-state index contributed by atoms with van der Waals surface area (Å²) >= 11 is 1.60. The van der Waals surface area contributed by atoms with E-state index in [1.165, 1.54) is 51.2 Å². The average Bonchev–Trinajstić information content (AvgIpc) is 2.84. The minimum absolute atomic E-state index is 0.127. The second-order valence-electron chi connectivity index (χ2n) is 9.69. The van der Waals surface area contributed by atoms with Crippen molar-refractivity contribution in [1.82, 2.24) is 10.6 Å². The third-order valence-electron chi connectivity index (χ3n) is 6.84. The number of ether oxygens (including phenoxy) is 1. The lowest BCUT2D eigenvalue weighted by atomic mass is 9.77. The zero-order valence-electron chi connectivity index (χ0n) is 21.4. The van der Waals surface area contributed by atoms with E-state index in [1.54, 1.807) is 11.8 Å². The van der Waals surface area contributed by atoms with Crippen molar-refractivity contribution in [2.45, 2.75) is 83.7 Å². The predicted octanol–water partition coefficient (Wildman–Crippen LogP) is 4.93. The van der Waals surface area contributed by atoms with Crippen molar-refractivity contribution in [3.05, 3.63) is 35.4 Å². The Morgan fingerprint density at radius 2 is 1.71 bits per heavy atom. The fourth-order valence-electron chi connectivity index (χ4n) is 4.72. The molecule has 0 bridgehead atoms. The number of carbonyl (C=O) groups is 3. The van der Waals surface area contributed by atoms with Crippen molar-refractivity contribution in [2.24, 2.45) is 11.8 Å². The van der Waals surface area contributed by atoms with Gasteiger partial charge in [-0.2, -0.15) is 11.8 Å². The van der Waals surface area contributed by atoms with Gasteiger partial charge in [0.2, 0.25) is 5.91 Å². The monoisotopic (exact) mass is 490 g/mol. The molecular formula is C27H42N2O4S. The number of hydrogen-bond donors (Lipinski definition) is 2. The number of esters is 1. The topological polar surface area (TPSA) is 84.5 Å². The Morgan fingerprint density at radius 3 is 2.24 bits per heavy atom. The molecule has 2 rings (SSSR count). The van der Waals surface area contributed by atoms with Crippen LogP contribution >= 0.6 is 11.8 Å². The van der Waals surface area contributed by atoms with Crippen LogP contribution in [0.3, 0.4) is 0 Å². The van der Waals surface area contributed by atoms with E-state index < -0.39 is 18.1 Å². The maximum absolute atomic E-state index is 12.9. The Morgan fingerprint density at radius 1 is 1.06 bits per heavy atom. The molecule has 0 spiro atoms. The number of methoxy groups -OCH3 is 1. The molecule has 1 aromatic carbocycles. The van der Waals surface area contributed by atoms with Gasteiger partial charge in [-0.3, -0.25) is 9.59 Å². The molecule has 1 fully saturated rings. The largest absolute Gasteiger partial charge is 0.467 e. The Labute approximate surface area is 209 Å². The molecule has 0 radical (unpaired) electrons. The molecule has 6 nitrogen and oxygen atoms in total. The number of amides is 2. The second-order valence-corrected chi connectivity index (χ2v) is 10.7. The lowest BCUT2D eigenvalue weighted by Crippen LogP contribution is -2.53. The van der Waals surface area contributed by atoms with Crippen LogP contribution in [0.5, 0.6) is 0 Å². The highest BCUT2D eigenvalue weighted by Gasteiger charge is 2.29. The third-order valence-corrected chi connectivity index (χ3v) is 7.48. The van der Waals surface area contributed by atoms with Crippen molar-refractivity contribution in [3.63, 3.8) is 0 Å². The van der Waals surface area contributed by atoms with E-state index >= 15 is 0 Å². The van der Waals surface area contributed by atoms with Gasteiger partial charge >= 0.3 is 5.97 Å². The molecule has 1 aliphatic rings. The molecule has 2 atom stereocenters. The van der Waals surface area contributed by atoms with Crippen LogP contribution in [0.4, 0.5) is 0 Å². The number of thioether (sulfide) groups is 1. The molecule has 34 heavy (non-hydrogen) atoms. The summed E-state index contributed by atoms with van der Waals surface area (Å²) in [6.45, 7) is 5.94. The summed E-state index contributed by atoms with van der Waals surface area (Å²) in [5.74, 6) is 0.880. The van der Waals surface area contributed by atoms with Crippen LogP contribution in [0.25, 0.3) is 0 Å². The fourth-order valence-corrected chi connectivity index (χ4v) is 5.20. The third kappa shape index (κ3) is 8.33. The number of benzene rings is 1. The first-order valence-corrected chi connectivity index (χ1v) is 14.0. The van der Waals surface area contributed by atoms with E-state index in [4.69, 9.17) is 4.74 Å². The van der Waals surface area contributed by atoms with E-state index in [0.717, 1.165) is 5.92 Å². The van der Waals surface area contributed by atoms with Gasteiger partial charge in [0.25, 0.3) is 5.91 Å². The molecule has 2 amide bonds. The molecule has 1 aromatic rings. The molecule has 2 N–H and O–H groups in total. The maximum Gasteiger partial charge on any atom is 0.328 e. The first-order chi connectivity index (χ1) is 16.3. The summed E-state index contributed by atoms with van der Waals surface area (Å²) in [6, 6.07) is 6.36. The standard InChI is InChI=1S/C27H42N2O4S/c1-6-7-19-8-10-20(11-9-19)21-12-14-22(15-13-21)25(30)28-23(16-17-34-5)26(31)29-24(18(2)3)27(32)33-4/h12-15,18-20,23-24H,6-11,16-17H2,1-5H3,(H,28,30)(H,29,31)/t19?,20?,23-,24+/m1/s1. The molecule has 0 aliphatic heterocycles. The second kappa shape index (κ2) is 14.4. The van der Waals surface area contributed by atoms with Gasteiger partial charge in [0.15, 0.2) is 0 Å². The van der Waals surface area contributed by atoms with Crippen LogP contribution in [-0.2, 0) is 14.3 Å². The van der Waals surface area contributed by atoms with Crippen LogP contribution in [0, 0.1) is 11.8 Å². The van der Waals surface area contributed by atoms with Crippen molar-refractivity contribution < 1.29 is 19.1 Å². The van der Waals surface area contributed by atoms with Crippen molar-refractivity contribution in [3.8, 4) is 0 Å². The number of rotatable bonds is 12. The van der Waals surface area contributed by atoms with Gasteiger partial charge in [0.05, 0.1) is 7.11 Å². The van der Waals surface area contributed by atoms with Crippen molar-refractivity contribution >= 4 is 29.5 Å². The molecule has 1 aliphatic carbocycles. The van der Waals surface area contributed by atoms with Crippen LogP contribution in [0.2, 0.25) is 0 Å². The smallest absolute Gasteiger partial charge is 0.328 e. The Hall–Kier alpha value is -2.02. The van der Waals surface area contributed by atoms with E-state index in [2.05, 4.69) is 29.7 Å². The molecule has 1 saturated carbocycles. The highest BCUT2D eigenvalue weighted by molar-refractivity contribution is 7.98. The van der Waals surface area contributed by atoms with Crippen molar-refractivity contribution in [1.29, 1.82) is 0 Å². The summed E-state index contributed by atoms with van der Waals surface area (Å²) in [5, 5.41) is 5.63. The zero-order valence-corrected chi connectivity index (χ0v) is 22.2. The van der Waals surface area contributed by atoms with Crippen LogP contribution in [0.15, 0.2) is 24.3 Å². The number of nitrogens with one attached hydrogen (secondary N) is 2.